The number of benzene rings is 10. The van der Waals surface area contributed by atoms with Gasteiger partial charge in [-0.1, -0.05) is 176 Å². The summed E-state index contributed by atoms with van der Waals surface area (Å²) in [7, 11) is 0. The van der Waals surface area contributed by atoms with Gasteiger partial charge in [0.1, 0.15) is 11.2 Å². The van der Waals surface area contributed by atoms with Crippen LogP contribution in [0.4, 0.5) is 0 Å². The summed E-state index contributed by atoms with van der Waals surface area (Å²) in [6.45, 7) is 0. The van der Waals surface area contributed by atoms with Crippen LogP contribution >= 0.6 is 0 Å². The number of furan rings is 1. The van der Waals surface area contributed by atoms with E-state index in [-0.39, 0.29) is 0 Å². The Hall–Kier alpha value is -9.39. The van der Waals surface area contributed by atoms with Crippen LogP contribution in [-0.4, -0.2) is 24.1 Å². The second-order valence-corrected chi connectivity index (χ2v) is 17.6. The molecule has 0 saturated heterocycles. The van der Waals surface area contributed by atoms with Crippen molar-refractivity contribution in [2.75, 3.05) is 0 Å². The van der Waals surface area contributed by atoms with Crippen molar-refractivity contribution >= 4 is 65.6 Å². The van der Waals surface area contributed by atoms with Crippen LogP contribution in [0.25, 0.3) is 133 Å². The molecule has 0 fully saturated rings. The fourth-order valence-electron chi connectivity index (χ4n) is 10.3. The zero-order valence-corrected chi connectivity index (χ0v) is 37.2. The summed E-state index contributed by atoms with van der Waals surface area (Å²) in [6.07, 6.45) is 0. The molecule has 6 nitrogen and oxygen atoms in total. The Morgan fingerprint density at radius 3 is 1.35 bits per heavy atom. The molecule has 4 heterocycles. The summed E-state index contributed by atoms with van der Waals surface area (Å²) < 4.78 is 11.3. The highest BCUT2D eigenvalue weighted by molar-refractivity contribution is 6.14. The largest absolute Gasteiger partial charge is 0.455 e. The molecule has 0 spiro atoms. The highest BCUT2D eigenvalue weighted by Crippen LogP contribution is 2.41. The van der Waals surface area contributed by atoms with E-state index in [0.717, 1.165) is 88.8 Å². The van der Waals surface area contributed by atoms with Gasteiger partial charge < -0.3 is 13.6 Å². The van der Waals surface area contributed by atoms with Gasteiger partial charge in [0, 0.05) is 65.9 Å². The molecule has 14 rings (SSSR count). The van der Waals surface area contributed by atoms with Gasteiger partial charge >= 0.3 is 0 Å². The van der Waals surface area contributed by atoms with Crippen molar-refractivity contribution in [1.29, 1.82) is 0 Å². The number of rotatable bonds is 7. The van der Waals surface area contributed by atoms with E-state index < -0.39 is 0 Å². The normalized spacial score (nSPS) is 11.8. The van der Waals surface area contributed by atoms with Gasteiger partial charge in [-0.15, -0.1) is 0 Å². The Kier molecular flexibility index (Phi) is 8.79. The summed E-state index contributed by atoms with van der Waals surface area (Å²) in [5.41, 5.74) is 16.0. The molecule has 0 bridgehead atoms. The molecule has 322 valence electrons. The van der Waals surface area contributed by atoms with Crippen molar-refractivity contribution in [2.24, 2.45) is 0 Å². The number of hydrogen-bond donors (Lipinski definition) is 0. The monoisotopic (exact) mass is 881 g/mol. The van der Waals surface area contributed by atoms with Crippen LogP contribution < -0.4 is 0 Å². The average Bonchev–Trinajstić information content (AvgIpc) is 4.09. The van der Waals surface area contributed by atoms with Crippen LogP contribution in [0, 0.1) is 0 Å². The van der Waals surface area contributed by atoms with Gasteiger partial charge in [0.2, 0.25) is 0 Å². The Bertz CT molecular complexity index is 4220. The summed E-state index contributed by atoms with van der Waals surface area (Å²) in [5.74, 6) is 1.94. The molecule has 0 unspecified atom stereocenters. The molecule has 0 radical (unpaired) electrons. The van der Waals surface area contributed by atoms with Crippen LogP contribution in [0.15, 0.2) is 241 Å². The van der Waals surface area contributed by atoms with Crippen molar-refractivity contribution < 1.29 is 4.42 Å². The van der Waals surface area contributed by atoms with E-state index in [1.807, 2.05) is 72.8 Å². The van der Waals surface area contributed by atoms with Gasteiger partial charge in [0.05, 0.1) is 22.1 Å². The SMILES string of the molecule is c1ccc(-c2nc(-c3ccccc3)nc(-c3ccc(-c4ccc(-n5c6ccccc6c6cc(-n7c8ccccc8c8cc(-c9cccc%10c9oc9ccccc9%10)ccc87)ccc65)cc4)cc3)n2)cc1. The Morgan fingerprint density at radius 2 is 0.710 bits per heavy atom. The minimum Gasteiger partial charge on any atom is -0.455 e. The zero-order chi connectivity index (χ0) is 45.4. The minimum absolute atomic E-state index is 0.638. The molecule has 10 aromatic carbocycles. The lowest BCUT2D eigenvalue weighted by atomic mass is 10.0. The van der Waals surface area contributed by atoms with E-state index in [1.54, 1.807) is 0 Å². The van der Waals surface area contributed by atoms with E-state index in [0.29, 0.717) is 17.5 Å². The van der Waals surface area contributed by atoms with Gasteiger partial charge in [0.15, 0.2) is 17.5 Å². The number of nitrogens with zero attached hydrogens (tertiary/aromatic N) is 5. The standard InChI is InChI=1S/C63H39N5O/c1-3-14-42(15-4-1)61-64-62(43-16-5-2-6-17-43)66-63(65-61)44-28-26-40(27-29-44)41-30-33-46(34-31-41)67-55-23-10-8-19-50(55)54-39-47(35-37-58(54)67)68-56-24-11-7-18-49(56)53-38-45(32-36-57(53)68)48-21-13-22-52-51-20-9-12-25-59(51)69-60(48)52/h1-39H. The van der Waals surface area contributed by atoms with Crippen molar-refractivity contribution in [1.82, 2.24) is 24.1 Å². The first-order chi connectivity index (χ1) is 34.2. The molecule has 0 aliphatic rings. The molecule has 0 atom stereocenters. The van der Waals surface area contributed by atoms with Crippen LogP contribution in [0.1, 0.15) is 0 Å². The highest BCUT2D eigenvalue weighted by atomic mass is 16.3. The number of para-hydroxylation sites is 4. The number of fused-ring (bicyclic) bond motifs is 9. The summed E-state index contributed by atoms with van der Waals surface area (Å²) in [4.78, 5) is 14.7. The first kappa shape index (κ1) is 38.8. The third kappa shape index (κ3) is 6.38. The van der Waals surface area contributed by atoms with Gasteiger partial charge in [0.25, 0.3) is 0 Å². The predicted molar refractivity (Wildman–Crippen MR) is 283 cm³/mol. The molecule has 0 aliphatic carbocycles. The second kappa shape index (κ2) is 15.6. The Labute approximate surface area is 396 Å². The minimum atomic E-state index is 0.638. The van der Waals surface area contributed by atoms with Gasteiger partial charge in [-0.3, -0.25) is 0 Å². The first-order valence-corrected chi connectivity index (χ1v) is 23.3. The lowest BCUT2D eigenvalue weighted by Gasteiger charge is -2.12. The van der Waals surface area contributed by atoms with Gasteiger partial charge in [-0.05, 0) is 77.4 Å². The van der Waals surface area contributed by atoms with Crippen molar-refractivity contribution in [2.45, 2.75) is 0 Å². The maximum atomic E-state index is 6.48. The van der Waals surface area contributed by atoms with E-state index in [1.165, 1.54) is 27.1 Å². The predicted octanol–water partition coefficient (Wildman–Crippen LogP) is 16.3. The fraction of sp³-hybridized carbons (Fsp3) is 0. The number of hydrogen-bond acceptors (Lipinski definition) is 4. The quantitative estimate of drug-likeness (QED) is 0.160. The van der Waals surface area contributed by atoms with Gasteiger partial charge in [-0.25, -0.2) is 15.0 Å². The first-order valence-electron chi connectivity index (χ1n) is 23.3. The molecular weight excluding hydrogens is 843 g/mol. The second-order valence-electron chi connectivity index (χ2n) is 17.6. The maximum absolute atomic E-state index is 6.48. The lowest BCUT2D eigenvalue weighted by Crippen LogP contribution is -2.00. The molecule has 6 heteroatoms. The smallest absolute Gasteiger partial charge is 0.164 e. The van der Waals surface area contributed by atoms with E-state index in [2.05, 4.69) is 173 Å². The molecule has 69 heavy (non-hydrogen) atoms. The Balaban J connectivity index is 0.818. The molecule has 0 amide bonds. The highest BCUT2D eigenvalue weighted by Gasteiger charge is 2.19. The summed E-state index contributed by atoms with van der Waals surface area (Å²) in [5, 5.41) is 7.09. The van der Waals surface area contributed by atoms with Crippen molar-refractivity contribution in [3.63, 3.8) is 0 Å². The average molecular weight is 882 g/mol. The van der Waals surface area contributed by atoms with E-state index in [9.17, 15) is 0 Å². The molecule has 0 N–H and O–H groups in total. The zero-order valence-electron chi connectivity index (χ0n) is 37.2. The van der Waals surface area contributed by atoms with Crippen LogP contribution in [0.3, 0.4) is 0 Å². The van der Waals surface area contributed by atoms with Crippen molar-refractivity contribution in [3.05, 3.63) is 237 Å². The maximum Gasteiger partial charge on any atom is 0.164 e. The van der Waals surface area contributed by atoms with E-state index >= 15 is 0 Å². The lowest BCUT2D eigenvalue weighted by molar-refractivity contribution is 0.670. The molecule has 0 aliphatic heterocycles. The molecule has 0 saturated carbocycles. The van der Waals surface area contributed by atoms with Crippen LogP contribution in [-0.2, 0) is 0 Å². The molecule has 14 aromatic rings. The number of aromatic nitrogens is 5. The van der Waals surface area contributed by atoms with Gasteiger partial charge in [-0.2, -0.15) is 0 Å². The topological polar surface area (TPSA) is 61.7 Å². The van der Waals surface area contributed by atoms with Crippen LogP contribution in [0.2, 0.25) is 0 Å². The summed E-state index contributed by atoms with van der Waals surface area (Å²) >= 11 is 0. The van der Waals surface area contributed by atoms with Crippen molar-refractivity contribution in [3.8, 4) is 67.8 Å². The summed E-state index contributed by atoms with van der Waals surface area (Å²) in [6, 6.07) is 83.5. The molecular formula is C63H39N5O. The Morgan fingerprint density at radius 1 is 0.275 bits per heavy atom. The third-order valence-corrected chi connectivity index (χ3v) is 13.6. The third-order valence-electron chi connectivity index (χ3n) is 13.6. The molecule has 4 aromatic heterocycles. The van der Waals surface area contributed by atoms with E-state index in [4.69, 9.17) is 19.4 Å². The van der Waals surface area contributed by atoms with Crippen LogP contribution in [0.5, 0.6) is 0 Å². The fourth-order valence-corrected chi connectivity index (χ4v) is 10.3.